The zero-order valence-electron chi connectivity index (χ0n) is 17.8. The number of amides is 2. The van der Waals surface area contributed by atoms with E-state index in [4.69, 9.17) is 14.2 Å². The number of anilines is 1. The Morgan fingerprint density at radius 3 is 2.20 bits per heavy atom. The molecule has 3 rings (SSSR count). The Morgan fingerprint density at radius 1 is 0.933 bits per heavy atom. The van der Waals surface area contributed by atoms with Crippen LogP contribution in [0, 0.1) is 5.92 Å². The van der Waals surface area contributed by atoms with E-state index in [9.17, 15) is 9.59 Å². The molecule has 0 aliphatic carbocycles. The quantitative estimate of drug-likeness (QED) is 0.671. The third kappa shape index (κ3) is 4.25. The zero-order chi connectivity index (χ0) is 21.8. The van der Waals surface area contributed by atoms with E-state index in [-0.39, 0.29) is 11.6 Å². The van der Waals surface area contributed by atoms with Gasteiger partial charge in [0.05, 0.1) is 26.4 Å². The predicted molar refractivity (Wildman–Crippen MR) is 115 cm³/mol. The SMILES string of the molecule is COc1ccc(NC2=C(c3ccc(OCC(C)C)cc3)C(=O)N(C)C2=O)cc1OC. The number of methoxy groups -OCH3 is 2. The van der Waals surface area contributed by atoms with Crippen LogP contribution >= 0.6 is 0 Å². The highest BCUT2D eigenvalue weighted by molar-refractivity contribution is 6.36. The van der Waals surface area contributed by atoms with Crippen LogP contribution in [0.5, 0.6) is 17.2 Å². The summed E-state index contributed by atoms with van der Waals surface area (Å²) >= 11 is 0. The van der Waals surface area contributed by atoms with Gasteiger partial charge >= 0.3 is 0 Å². The third-order valence-corrected chi connectivity index (χ3v) is 4.67. The van der Waals surface area contributed by atoms with Gasteiger partial charge in [0, 0.05) is 18.8 Å². The van der Waals surface area contributed by atoms with Crippen molar-refractivity contribution in [1.82, 2.24) is 4.90 Å². The Labute approximate surface area is 176 Å². The molecule has 0 bridgehead atoms. The largest absolute Gasteiger partial charge is 0.493 e. The smallest absolute Gasteiger partial charge is 0.277 e. The maximum atomic E-state index is 12.8. The van der Waals surface area contributed by atoms with Gasteiger partial charge in [0.2, 0.25) is 0 Å². The van der Waals surface area contributed by atoms with Crippen LogP contribution in [-0.4, -0.2) is 44.6 Å². The second-order valence-corrected chi connectivity index (χ2v) is 7.34. The molecule has 1 aliphatic rings. The van der Waals surface area contributed by atoms with Crippen molar-refractivity contribution in [3.63, 3.8) is 0 Å². The molecule has 0 spiro atoms. The first kappa shape index (κ1) is 21.2. The monoisotopic (exact) mass is 410 g/mol. The molecule has 7 heteroatoms. The summed E-state index contributed by atoms with van der Waals surface area (Å²) in [4.78, 5) is 26.6. The number of rotatable bonds is 8. The van der Waals surface area contributed by atoms with E-state index in [0.29, 0.717) is 46.6 Å². The third-order valence-electron chi connectivity index (χ3n) is 4.67. The Kier molecular flexibility index (Phi) is 6.30. The Balaban J connectivity index is 1.95. The molecule has 1 N–H and O–H groups in total. The van der Waals surface area contributed by atoms with Crippen LogP contribution < -0.4 is 19.5 Å². The van der Waals surface area contributed by atoms with Crippen LogP contribution in [0.3, 0.4) is 0 Å². The van der Waals surface area contributed by atoms with Crippen LogP contribution in [0.1, 0.15) is 19.4 Å². The van der Waals surface area contributed by atoms with E-state index in [0.717, 1.165) is 4.90 Å². The molecule has 0 unspecified atom stereocenters. The standard InChI is InChI=1S/C23H26N2O5/c1-14(2)13-30-17-9-6-15(7-10-17)20-21(23(27)25(3)22(20)26)24-16-8-11-18(28-4)19(12-16)29-5/h6-12,14,24H,13H2,1-5H3. The Hall–Kier alpha value is -3.48. The van der Waals surface area contributed by atoms with Crippen molar-refractivity contribution in [1.29, 1.82) is 0 Å². The second-order valence-electron chi connectivity index (χ2n) is 7.34. The van der Waals surface area contributed by atoms with Crippen molar-refractivity contribution < 1.29 is 23.8 Å². The number of hydrogen-bond donors (Lipinski definition) is 1. The number of carbonyl (C=O) groups excluding carboxylic acids is 2. The van der Waals surface area contributed by atoms with Crippen LogP contribution in [0.2, 0.25) is 0 Å². The van der Waals surface area contributed by atoms with Gasteiger partial charge in [0.1, 0.15) is 11.4 Å². The van der Waals surface area contributed by atoms with Crippen LogP contribution in [0.4, 0.5) is 5.69 Å². The summed E-state index contributed by atoms with van der Waals surface area (Å²) in [5.41, 5.74) is 1.77. The number of hydrogen-bond acceptors (Lipinski definition) is 6. The summed E-state index contributed by atoms with van der Waals surface area (Å²) in [6, 6.07) is 12.4. The molecule has 0 saturated heterocycles. The molecule has 1 heterocycles. The van der Waals surface area contributed by atoms with Crippen molar-refractivity contribution in [2.24, 2.45) is 5.92 Å². The molecule has 2 aromatic carbocycles. The Bertz CT molecular complexity index is 980. The fraction of sp³-hybridized carbons (Fsp3) is 0.304. The van der Waals surface area contributed by atoms with Gasteiger partial charge < -0.3 is 19.5 Å². The lowest BCUT2D eigenvalue weighted by Gasteiger charge is -2.12. The first-order valence-electron chi connectivity index (χ1n) is 9.64. The van der Waals surface area contributed by atoms with Gasteiger partial charge in [-0.1, -0.05) is 26.0 Å². The van der Waals surface area contributed by atoms with Gasteiger partial charge in [-0.05, 0) is 35.7 Å². The fourth-order valence-electron chi connectivity index (χ4n) is 3.06. The summed E-state index contributed by atoms with van der Waals surface area (Å²) in [6.07, 6.45) is 0. The summed E-state index contributed by atoms with van der Waals surface area (Å²) in [5, 5.41) is 3.08. The molecule has 0 radical (unpaired) electrons. The van der Waals surface area contributed by atoms with Crippen molar-refractivity contribution in [2.45, 2.75) is 13.8 Å². The minimum atomic E-state index is -0.398. The van der Waals surface area contributed by atoms with Gasteiger partial charge in [-0.2, -0.15) is 0 Å². The van der Waals surface area contributed by atoms with Gasteiger partial charge in [-0.25, -0.2) is 0 Å². The van der Waals surface area contributed by atoms with Crippen molar-refractivity contribution in [2.75, 3.05) is 33.2 Å². The molecule has 0 fully saturated rings. The Morgan fingerprint density at radius 2 is 1.60 bits per heavy atom. The van der Waals surface area contributed by atoms with Gasteiger partial charge in [-0.3, -0.25) is 14.5 Å². The first-order valence-corrected chi connectivity index (χ1v) is 9.64. The van der Waals surface area contributed by atoms with E-state index in [1.165, 1.54) is 14.2 Å². The minimum Gasteiger partial charge on any atom is -0.493 e. The normalized spacial score (nSPS) is 13.9. The number of nitrogens with zero attached hydrogens (tertiary/aromatic N) is 1. The zero-order valence-corrected chi connectivity index (χ0v) is 17.8. The van der Waals surface area contributed by atoms with Gasteiger partial charge in [0.15, 0.2) is 11.5 Å². The van der Waals surface area contributed by atoms with E-state index in [1.54, 1.807) is 49.6 Å². The first-order chi connectivity index (χ1) is 14.3. The molecule has 2 amide bonds. The molecular formula is C23H26N2O5. The summed E-state index contributed by atoms with van der Waals surface area (Å²) < 4.78 is 16.3. The number of imide groups is 1. The van der Waals surface area contributed by atoms with E-state index in [2.05, 4.69) is 19.2 Å². The average molecular weight is 410 g/mol. The molecule has 1 aliphatic heterocycles. The number of carbonyl (C=O) groups is 2. The molecule has 0 atom stereocenters. The number of benzene rings is 2. The van der Waals surface area contributed by atoms with E-state index >= 15 is 0 Å². The molecular weight excluding hydrogens is 384 g/mol. The molecule has 0 aromatic heterocycles. The van der Waals surface area contributed by atoms with Crippen LogP contribution in [0.25, 0.3) is 5.57 Å². The lowest BCUT2D eigenvalue weighted by atomic mass is 10.0. The minimum absolute atomic E-state index is 0.213. The highest BCUT2D eigenvalue weighted by Gasteiger charge is 2.36. The molecule has 0 saturated carbocycles. The molecule has 30 heavy (non-hydrogen) atoms. The van der Waals surface area contributed by atoms with Crippen LogP contribution in [0.15, 0.2) is 48.2 Å². The molecule has 7 nitrogen and oxygen atoms in total. The number of likely N-dealkylation sites (N-methyl/N-ethyl adjacent to an activating group) is 1. The summed E-state index contributed by atoms with van der Waals surface area (Å²) in [5.74, 6) is 1.45. The maximum Gasteiger partial charge on any atom is 0.277 e. The fourth-order valence-corrected chi connectivity index (χ4v) is 3.06. The lowest BCUT2D eigenvalue weighted by molar-refractivity contribution is -0.135. The number of nitrogens with one attached hydrogen (secondary N) is 1. The summed E-state index contributed by atoms with van der Waals surface area (Å²) in [6.45, 7) is 4.75. The molecule has 158 valence electrons. The highest BCUT2D eigenvalue weighted by atomic mass is 16.5. The second kappa shape index (κ2) is 8.90. The number of ether oxygens (including phenoxy) is 3. The average Bonchev–Trinajstić information content (AvgIpc) is 2.96. The molecule has 2 aromatic rings. The topological polar surface area (TPSA) is 77.1 Å². The van der Waals surface area contributed by atoms with Crippen LogP contribution in [-0.2, 0) is 9.59 Å². The van der Waals surface area contributed by atoms with E-state index in [1.807, 2.05) is 0 Å². The van der Waals surface area contributed by atoms with Crippen molar-refractivity contribution in [3.05, 3.63) is 53.7 Å². The van der Waals surface area contributed by atoms with Crippen molar-refractivity contribution >= 4 is 23.1 Å². The predicted octanol–water partition coefficient (Wildman–Crippen LogP) is 3.56. The van der Waals surface area contributed by atoms with Gasteiger partial charge in [0.25, 0.3) is 11.8 Å². The summed E-state index contributed by atoms with van der Waals surface area (Å²) in [7, 11) is 4.55. The maximum absolute atomic E-state index is 12.8. The lowest BCUT2D eigenvalue weighted by Crippen LogP contribution is -2.27. The highest BCUT2D eigenvalue weighted by Crippen LogP contribution is 2.34. The van der Waals surface area contributed by atoms with Crippen molar-refractivity contribution in [3.8, 4) is 17.2 Å². The van der Waals surface area contributed by atoms with E-state index < -0.39 is 5.91 Å². The van der Waals surface area contributed by atoms with Gasteiger partial charge in [-0.15, -0.1) is 0 Å².